The van der Waals surface area contributed by atoms with Crippen LogP contribution in [-0.2, 0) is 23.0 Å². The van der Waals surface area contributed by atoms with Gasteiger partial charge in [-0.2, -0.15) is 10.4 Å². The van der Waals surface area contributed by atoms with Crippen molar-refractivity contribution in [1.82, 2.24) is 19.6 Å². The van der Waals surface area contributed by atoms with E-state index in [-0.39, 0.29) is 46.5 Å². The summed E-state index contributed by atoms with van der Waals surface area (Å²) in [5.74, 6) is -0.611. The molecule has 3 aromatic carbocycles. The first-order valence-corrected chi connectivity index (χ1v) is 18.1. The number of aryl methyl sites for hydroxylation is 1. The van der Waals surface area contributed by atoms with E-state index in [1.165, 1.54) is 36.4 Å². The Morgan fingerprint density at radius 3 is 2.39 bits per heavy atom. The van der Waals surface area contributed by atoms with Gasteiger partial charge >= 0.3 is 0 Å². The van der Waals surface area contributed by atoms with Gasteiger partial charge < -0.3 is 14.9 Å². The lowest BCUT2D eigenvalue weighted by molar-refractivity contribution is 0.0544. The van der Waals surface area contributed by atoms with E-state index in [0.29, 0.717) is 30.9 Å². The van der Waals surface area contributed by atoms with Crippen molar-refractivity contribution in [3.63, 3.8) is 0 Å². The number of aliphatic hydroxyl groups is 1. The second-order valence-corrected chi connectivity index (χ2v) is 14.0. The predicted molar refractivity (Wildman–Crippen MR) is 187 cm³/mol. The van der Waals surface area contributed by atoms with Gasteiger partial charge in [0.1, 0.15) is 0 Å². The van der Waals surface area contributed by atoms with Crippen LogP contribution in [0.5, 0.6) is 0 Å². The van der Waals surface area contributed by atoms with E-state index in [4.69, 9.17) is 0 Å². The van der Waals surface area contributed by atoms with Crippen LogP contribution in [0.15, 0.2) is 77.7 Å². The number of hydrogen-bond donors (Lipinski definition) is 2. The number of fused-ring (bicyclic) bond motifs is 1. The van der Waals surface area contributed by atoms with E-state index in [2.05, 4.69) is 23.7 Å². The van der Waals surface area contributed by atoms with E-state index < -0.39 is 22.0 Å². The number of nitrogens with zero attached hydrogens (tertiary/aromatic N) is 5. The smallest absolute Gasteiger partial charge is 0.274 e. The fraction of sp³-hybridized carbons (Fsp3) is 0.351. The fourth-order valence-electron chi connectivity index (χ4n) is 6.04. The molecule has 0 unspecified atom stereocenters. The predicted octanol–water partition coefficient (Wildman–Crippen LogP) is 5.46. The minimum atomic E-state index is -4.13. The van der Waals surface area contributed by atoms with E-state index in [1.54, 1.807) is 28.6 Å². The van der Waals surface area contributed by atoms with Gasteiger partial charge in [-0.15, -0.1) is 0 Å². The molecule has 0 radical (unpaired) electrons. The Morgan fingerprint density at radius 2 is 1.71 bits per heavy atom. The number of aromatic nitrogens is 2. The maximum atomic E-state index is 14.5. The van der Waals surface area contributed by atoms with Crippen LogP contribution < -0.4 is 4.72 Å². The number of aliphatic hydroxyl groups excluding tert-OH is 1. The van der Waals surface area contributed by atoms with Crippen LogP contribution >= 0.6 is 0 Å². The number of hydrogen-bond acceptors (Lipinski definition) is 7. The molecule has 4 aromatic rings. The lowest BCUT2D eigenvalue weighted by atomic mass is 9.93. The van der Waals surface area contributed by atoms with Gasteiger partial charge in [0.05, 0.1) is 40.4 Å². The zero-order valence-corrected chi connectivity index (χ0v) is 28.9. The van der Waals surface area contributed by atoms with Crippen molar-refractivity contribution in [2.24, 2.45) is 0 Å². The Hall–Kier alpha value is -4.99. The summed E-state index contributed by atoms with van der Waals surface area (Å²) < 4.78 is 30.8. The molecule has 0 saturated heterocycles. The summed E-state index contributed by atoms with van der Waals surface area (Å²) in [4.78, 5) is 31.5. The third kappa shape index (κ3) is 7.85. The van der Waals surface area contributed by atoms with E-state index >= 15 is 0 Å². The molecule has 0 spiro atoms. The average Bonchev–Trinajstić information content (AvgIpc) is 3.51. The number of rotatable bonds is 13. The third-order valence-corrected chi connectivity index (χ3v) is 10.1. The van der Waals surface area contributed by atoms with Crippen LogP contribution in [0.3, 0.4) is 0 Å². The lowest BCUT2D eigenvalue weighted by Gasteiger charge is -2.36. The van der Waals surface area contributed by atoms with Crippen LogP contribution in [0.4, 0.5) is 5.69 Å². The largest absolute Gasteiger partial charge is 0.394 e. The molecule has 11 nitrogen and oxygen atoms in total. The third-order valence-electron chi connectivity index (χ3n) is 8.76. The molecule has 0 aliphatic carbocycles. The first-order chi connectivity index (χ1) is 23.6. The van der Waals surface area contributed by atoms with Crippen molar-refractivity contribution in [2.45, 2.75) is 70.4 Å². The van der Waals surface area contributed by atoms with Gasteiger partial charge in [0, 0.05) is 31.0 Å². The summed E-state index contributed by atoms with van der Waals surface area (Å²) >= 11 is 0. The molecule has 1 aromatic heterocycles. The topological polar surface area (TPSA) is 149 Å². The van der Waals surface area contributed by atoms with Crippen molar-refractivity contribution in [2.75, 3.05) is 24.4 Å². The van der Waals surface area contributed by atoms with Crippen molar-refractivity contribution in [3.05, 3.63) is 106 Å². The van der Waals surface area contributed by atoms with Gasteiger partial charge in [-0.25, -0.2) is 13.1 Å². The molecule has 0 bridgehead atoms. The molecular formula is C37H42N6O5S. The summed E-state index contributed by atoms with van der Waals surface area (Å²) in [5, 5.41) is 24.3. The molecule has 1 aliphatic rings. The van der Waals surface area contributed by atoms with E-state index in [9.17, 15) is 28.4 Å². The summed E-state index contributed by atoms with van der Waals surface area (Å²) in [7, 11) is -4.13. The molecular weight excluding hydrogens is 641 g/mol. The van der Waals surface area contributed by atoms with E-state index in [1.807, 2.05) is 35.2 Å². The minimum absolute atomic E-state index is 0.0988. The average molecular weight is 683 g/mol. The number of amides is 2. The Kier molecular flexibility index (Phi) is 11.2. The van der Waals surface area contributed by atoms with Gasteiger partial charge in [0.2, 0.25) is 0 Å². The standard InChI is InChI=1S/C37H42N6O5S/c1-4-6-17-41(18-7-5-2)37(46)34-19-26(3)43(39-34)35-16-15-30(40-49(47,48)32-14-10-11-27(20-32)23-38)22-33(35)36(45)42-24-29-13-9-8-12-28(29)21-31(42)25-44/h8-16,19-20,22,31,40,44H,4-7,17-18,21,24-25H2,1-3H3/t31-/m0/s1. The summed E-state index contributed by atoms with van der Waals surface area (Å²) in [6.45, 7) is 7.19. The number of carbonyl (C=O) groups excluding carboxylic acids is 2. The maximum Gasteiger partial charge on any atom is 0.274 e. The molecule has 1 aliphatic heterocycles. The van der Waals surface area contributed by atoms with Gasteiger partial charge in [0.15, 0.2) is 5.69 Å². The number of unbranched alkanes of at least 4 members (excludes halogenated alkanes) is 2. The number of nitriles is 1. The number of carbonyl (C=O) groups is 2. The molecule has 12 heteroatoms. The number of nitrogens with one attached hydrogen (secondary N) is 1. The highest BCUT2D eigenvalue weighted by molar-refractivity contribution is 7.92. The summed E-state index contributed by atoms with van der Waals surface area (Å²) in [6.07, 6.45) is 4.10. The van der Waals surface area contributed by atoms with Crippen molar-refractivity contribution in [3.8, 4) is 11.8 Å². The zero-order chi connectivity index (χ0) is 35.1. The zero-order valence-electron chi connectivity index (χ0n) is 28.1. The Bertz CT molecular complexity index is 1970. The van der Waals surface area contributed by atoms with E-state index in [0.717, 1.165) is 36.8 Å². The quantitative estimate of drug-likeness (QED) is 0.190. The number of benzene rings is 3. The normalized spacial score (nSPS) is 14.2. The summed E-state index contributed by atoms with van der Waals surface area (Å²) in [5.41, 5.74) is 3.70. The second-order valence-electron chi connectivity index (χ2n) is 12.3. The molecule has 49 heavy (non-hydrogen) atoms. The van der Waals surface area contributed by atoms with Crippen LogP contribution in [-0.4, -0.2) is 70.7 Å². The molecule has 5 rings (SSSR count). The van der Waals surface area contributed by atoms with Gasteiger partial charge in [0.25, 0.3) is 21.8 Å². The van der Waals surface area contributed by atoms with Crippen LogP contribution in [0.1, 0.15) is 82.8 Å². The monoisotopic (exact) mass is 682 g/mol. The van der Waals surface area contributed by atoms with Crippen molar-refractivity contribution in [1.29, 1.82) is 5.26 Å². The highest BCUT2D eigenvalue weighted by Gasteiger charge is 2.32. The fourth-order valence-corrected chi connectivity index (χ4v) is 7.14. The molecule has 2 N–H and O–H groups in total. The van der Waals surface area contributed by atoms with Crippen LogP contribution in [0.25, 0.3) is 5.69 Å². The maximum absolute atomic E-state index is 14.5. The highest BCUT2D eigenvalue weighted by Crippen LogP contribution is 2.30. The molecule has 0 fully saturated rings. The lowest BCUT2D eigenvalue weighted by Crippen LogP contribution is -2.46. The SMILES string of the molecule is CCCCN(CCCC)C(=O)c1cc(C)n(-c2ccc(NS(=O)(=O)c3cccc(C#N)c3)cc2C(=O)N2Cc3ccccc3C[C@H]2CO)n1. The van der Waals surface area contributed by atoms with Crippen molar-refractivity contribution < 1.29 is 23.1 Å². The van der Waals surface area contributed by atoms with Gasteiger partial charge in [-0.1, -0.05) is 57.0 Å². The molecule has 0 saturated carbocycles. The molecule has 2 amide bonds. The van der Waals surface area contributed by atoms with Gasteiger partial charge in [-0.05, 0) is 79.8 Å². The Balaban J connectivity index is 1.57. The van der Waals surface area contributed by atoms with Crippen LogP contribution in [0.2, 0.25) is 0 Å². The molecule has 2 heterocycles. The summed E-state index contributed by atoms with van der Waals surface area (Å²) in [6, 6.07) is 21.1. The number of anilines is 1. The number of sulfonamides is 1. The van der Waals surface area contributed by atoms with Gasteiger partial charge in [-0.3, -0.25) is 14.3 Å². The first-order valence-electron chi connectivity index (χ1n) is 16.6. The molecule has 1 atom stereocenters. The molecule has 256 valence electrons. The highest BCUT2D eigenvalue weighted by atomic mass is 32.2. The Labute approximate surface area is 287 Å². The second kappa shape index (κ2) is 15.5. The van der Waals surface area contributed by atoms with Crippen molar-refractivity contribution >= 4 is 27.5 Å². The minimum Gasteiger partial charge on any atom is -0.394 e. The van der Waals surface area contributed by atoms with Crippen LogP contribution in [0, 0.1) is 18.3 Å². The Morgan fingerprint density at radius 1 is 1.00 bits per heavy atom. The first kappa shape index (κ1) is 35.3.